The van der Waals surface area contributed by atoms with Crippen molar-refractivity contribution >= 4 is 16.6 Å². The Morgan fingerprint density at radius 3 is 2.72 bits per heavy atom. The average molecular weight is 234 g/mol. The number of aromatic nitrogens is 1. The quantitative estimate of drug-likeness (QED) is 0.690. The average Bonchev–Trinajstić information content (AvgIpc) is 2.39. The minimum absolute atomic E-state index is 0.811. The zero-order valence-corrected chi connectivity index (χ0v) is 10.0. The van der Waals surface area contributed by atoms with Crippen molar-refractivity contribution in [2.45, 2.75) is 6.42 Å². The molecule has 2 nitrogen and oxygen atoms in total. The number of hydrogen-bond donors (Lipinski definition) is 1. The van der Waals surface area contributed by atoms with Crippen LogP contribution in [0.4, 0.5) is 5.69 Å². The van der Waals surface area contributed by atoms with E-state index >= 15 is 0 Å². The zero-order chi connectivity index (χ0) is 12.4. The summed E-state index contributed by atoms with van der Waals surface area (Å²) in [5.74, 6) is 0. The number of para-hydroxylation sites is 1. The number of rotatable bonds is 2. The monoisotopic (exact) mass is 234 g/mol. The van der Waals surface area contributed by atoms with E-state index in [4.69, 9.17) is 5.73 Å². The van der Waals surface area contributed by atoms with Crippen LogP contribution in [0.1, 0.15) is 11.1 Å². The van der Waals surface area contributed by atoms with Gasteiger partial charge < -0.3 is 5.73 Å². The van der Waals surface area contributed by atoms with Crippen molar-refractivity contribution in [1.82, 2.24) is 4.98 Å². The van der Waals surface area contributed by atoms with Crippen molar-refractivity contribution in [3.8, 4) is 0 Å². The molecule has 88 valence electrons. The van der Waals surface area contributed by atoms with E-state index in [-0.39, 0.29) is 0 Å². The van der Waals surface area contributed by atoms with E-state index in [9.17, 15) is 0 Å². The van der Waals surface area contributed by atoms with E-state index in [1.807, 2.05) is 42.6 Å². The first-order chi connectivity index (χ1) is 8.83. The molecular weight excluding hydrogens is 220 g/mol. The minimum Gasteiger partial charge on any atom is -0.399 e. The van der Waals surface area contributed by atoms with E-state index in [0.29, 0.717) is 0 Å². The summed E-state index contributed by atoms with van der Waals surface area (Å²) in [6.07, 6.45) is 2.75. The third-order valence-electron chi connectivity index (χ3n) is 3.08. The van der Waals surface area contributed by atoms with Crippen molar-refractivity contribution in [3.63, 3.8) is 0 Å². The minimum atomic E-state index is 0.811. The summed E-state index contributed by atoms with van der Waals surface area (Å²) in [5.41, 5.74) is 10.2. The van der Waals surface area contributed by atoms with E-state index in [2.05, 4.69) is 23.2 Å². The van der Waals surface area contributed by atoms with Crippen LogP contribution in [0.5, 0.6) is 0 Å². The summed E-state index contributed by atoms with van der Waals surface area (Å²) in [5, 5.41) is 1.21. The third kappa shape index (κ3) is 2.05. The fraction of sp³-hybridized carbons (Fsp3) is 0.0625. The van der Waals surface area contributed by atoms with Gasteiger partial charge in [0.1, 0.15) is 0 Å². The highest BCUT2D eigenvalue weighted by atomic mass is 14.6. The van der Waals surface area contributed by atoms with Crippen molar-refractivity contribution in [3.05, 3.63) is 71.9 Å². The van der Waals surface area contributed by atoms with Gasteiger partial charge in [0.15, 0.2) is 0 Å². The Labute approximate surface area is 106 Å². The molecule has 3 aromatic rings. The van der Waals surface area contributed by atoms with Gasteiger partial charge in [-0.25, -0.2) is 0 Å². The van der Waals surface area contributed by atoms with Crippen LogP contribution in [-0.2, 0) is 6.42 Å². The van der Waals surface area contributed by atoms with Gasteiger partial charge in [-0.1, -0.05) is 30.3 Å². The van der Waals surface area contributed by atoms with Crippen LogP contribution >= 0.6 is 0 Å². The first-order valence-electron chi connectivity index (χ1n) is 6.00. The summed E-state index contributed by atoms with van der Waals surface area (Å²) >= 11 is 0. The first kappa shape index (κ1) is 10.8. The molecule has 1 heterocycles. The van der Waals surface area contributed by atoms with Crippen molar-refractivity contribution in [2.75, 3.05) is 5.73 Å². The summed E-state index contributed by atoms with van der Waals surface area (Å²) < 4.78 is 0. The van der Waals surface area contributed by atoms with Gasteiger partial charge >= 0.3 is 0 Å². The highest BCUT2D eigenvalue weighted by Gasteiger charge is 2.02. The number of nitrogen functional groups attached to an aromatic ring is 1. The van der Waals surface area contributed by atoms with Gasteiger partial charge in [0.2, 0.25) is 0 Å². The van der Waals surface area contributed by atoms with Gasteiger partial charge in [0.25, 0.3) is 0 Å². The molecule has 0 aliphatic carbocycles. The van der Waals surface area contributed by atoms with Gasteiger partial charge in [0, 0.05) is 17.3 Å². The molecule has 0 amide bonds. The second-order valence-electron chi connectivity index (χ2n) is 4.41. The predicted molar refractivity (Wildman–Crippen MR) is 75.4 cm³/mol. The van der Waals surface area contributed by atoms with Gasteiger partial charge in [-0.05, 0) is 41.8 Å². The van der Waals surface area contributed by atoms with Crippen molar-refractivity contribution in [2.24, 2.45) is 0 Å². The number of benzene rings is 2. The number of hydrogen-bond acceptors (Lipinski definition) is 2. The lowest BCUT2D eigenvalue weighted by atomic mass is 10.0. The standard InChI is InChI=1S/C16H14N2/c17-14-5-3-4-12(11-14)10-13-8-9-18-16-7-2-1-6-15(13)16/h1-9,11H,10,17H2. The summed E-state index contributed by atoms with van der Waals surface area (Å²) in [6, 6.07) is 18.3. The maximum atomic E-state index is 5.81. The van der Waals surface area contributed by atoms with Crippen molar-refractivity contribution in [1.29, 1.82) is 0 Å². The lowest BCUT2D eigenvalue weighted by Gasteiger charge is -2.06. The highest BCUT2D eigenvalue weighted by Crippen LogP contribution is 2.20. The van der Waals surface area contributed by atoms with Crippen LogP contribution in [0.15, 0.2) is 60.8 Å². The molecule has 0 saturated heterocycles. The molecule has 2 aromatic carbocycles. The van der Waals surface area contributed by atoms with Crippen LogP contribution in [0, 0.1) is 0 Å². The largest absolute Gasteiger partial charge is 0.399 e. The number of nitrogens with zero attached hydrogens (tertiary/aromatic N) is 1. The Kier molecular flexibility index (Phi) is 2.69. The molecule has 18 heavy (non-hydrogen) atoms. The predicted octanol–water partition coefficient (Wildman–Crippen LogP) is 3.41. The first-order valence-corrected chi connectivity index (χ1v) is 6.00. The molecule has 1 aromatic heterocycles. The topological polar surface area (TPSA) is 38.9 Å². The Morgan fingerprint density at radius 1 is 0.944 bits per heavy atom. The van der Waals surface area contributed by atoms with E-state index in [1.165, 1.54) is 16.5 Å². The maximum absolute atomic E-state index is 5.81. The van der Waals surface area contributed by atoms with Gasteiger partial charge in [0.05, 0.1) is 5.52 Å². The smallest absolute Gasteiger partial charge is 0.0704 e. The molecule has 3 rings (SSSR count). The fourth-order valence-electron chi connectivity index (χ4n) is 2.23. The van der Waals surface area contributed by atoms with Crippen LogP contribution in [0.3, 0.4) is 0 Å². The second kappa shape index (κ2) is 4.49. The van der Waals surface area contributed by atoms with Crippen LogP contribution < -0.4 is 5.73 Å². The Morgan fingerprint density at radius 2 is 1.83 bits per heavy atom. The highest BCUT2D eigenvalue weighted by molar-refractivity contribution is 5.82. The van der Waals surface area contributed by atoms with E-state index in [1.54, 1.807) is 0 Å². The van der Waals surface area contributed by atoms with E-state index < -0.39 is 0 Å². The van der Waals surface area contributed by atoms with E-state index in [0.717, 1.165) is 17.6 Å². The van der Waals surface area contributed by atoms with Gasteiger partial charge in [-0.2, -0.15) is 0 Å². The SMILES string of the molecule is Nc1cccc(Cc2ccnc3ccccc23)c1. The fourth-order valence-corrected chi connectivity index (χ4v) is 2.23. The number of nitrogens with two attached hydrogens (primary N) is 1. The molecule has 0 aliphatic heterocycles. The third-order valence-corrected chi connectivity index (χ3v) is 3.08. The molecule has 0 saturated carbocycles. The van der Waals surface area contributed by atoms with Crippen LogP contribution in [0.25, 0.3) is 10.9 Å². The van der Waals surface area contributed by atoms with Gasteiger partial charge in [-0.15, -0.1) is 0 Å². The number of fused-ring (bicyclic) bond motifs is 1. The lowest BCUT2D eigenvalue weighted by Crippen LogP contribution is -1.93. The molecule has 0 bridgehead atoms. The molecule has 0 fully saturated rings. The Hall–Kier alpha value is -2.35. The Balaban J connectivity index is 2.05. The molecule has 2 heteroatoms. The second-order valence-corrected chi connectivity index (χ2v) is 4.41. The maximum Gasteiger partial charge on any atom is 0.0704 e. The Bertz CT molecular complexity index is 684. The zero-order valence-electron chi connectivity index (χ0n) is 10.0. The molecule has 0 atom stereocenters. The van der Waals surface area contributed by atoms with Crippen molar-refractivity contribution < 1.29 is 0 Å². The molecule has 0 aliphatic rings. The number of pyridine rings is 1. The molecule has 2 N–H and O–H groups in total. The normalized spacial score (nSPS) is 10.7. The lowest BCUT2D eigenvalue weighted by molar-refractivity contribution is 1.20. The van der Waals surface area contributed by atoms with Crippen LogP contribution in [0.2, 0.25) is 0 Å². The van der Waals surface area contributed by atoms with Crippen LogP contribution in [-0.4, -0.2) is 4.98 Å². The summed E-state index contributed by atoms with van der Waals surface area (Å²) in [7, 11) is 0. The molecule has 0 unspecified atom stereocenters. The molecule has 0 spiro atoms. The molecule has 0 radical (unpaired) electrons. The summed E-state index contributed by atoms with van der Waals surface area (Å²) in [4.78, 5) is 4.38. The van der Waals surface area contributed by atoms with Gasteiger partial charge in [-0.3, -0.25) is 4.98 Å². The summed E-state index contributed by atoms with van der Waals surface area (Å²) in [6.45, 7) is 0. The molecular formula is C16H14N2. The number of anilines is 1.